The van der Waals surface area contributed by atoms with E-state index < -0.39 is 0 Å². The smallest absolute Gasteiger partial charge is 0.111 e. The lowest BCUT2D eigenvalue weighted by Gasteiger charge is -2.11. The Kier molecular flexibility index (Phi) is 7.69. The van der Waals surface area contributed by atoms with Crippen LogP contribution in [0, 0.1) is 0 Å². The first-order valence-electron chi connectivity index (χ1n) is 7.05. The van der Waals surface area contributed by atoms with Gasteiger partial charge in [0.25, 0.3) is 0 Å². The molecular formula is C14H27N3O. The van der Waals surface area contributed by atoms with E-state index in [-0.39, 0.29) is 0 Å². The maximum Gasteiger partial charge on any atom is 0.111 e. The van der Waals surface area contributed by atoms with E-state index in [4.69, 9.17) is 4.74 Å². The highest BCUT2D eigenvalue weighted by Crippen LogP contribution is 2.10. The van der Waals surface area contributed by atoms with Crippen LogP contribution in [-0.4, -0.2) is 35.9 Å². The van der Waals surface area contributed by atoms with Crippen LogP contribution in [0.15, 0.2) is 12.4 Å². The summed E-state index contributed by atoms with van der Waals surface area (Å²) in [7, 11) is 0. The first-order chi connectivity index (χ1) is 8.75. The summed E-state index contributed by atoms with van der Waals surface area (Å²) in [5, 5.41) is 3.46. The molecule has 0 aromatic carbocycles. The second-order valence-electron chi connectivity index (χ2n) is 4.79. The molecule has 4 nitrogen and oxygen atoms in total. The molecule has 0 aliphatic heterocycles. The summed E-state index contributed by atoms with van der Waals surface area (Å²) in [6.45, 7) is 11.2. The fourth-order valence-electron chi connectivity index (χ4n) is 1.93. The molecule has 18 heavy (non-hydrogen) atoms. The number of nitrogens with one attached hydrogen (secondary N) is 1. The quantitative estimate of drug-likeness (QED) is 0.651. The van der Waals surface area contributed by atoms with Crippen molar-refractivity contribution in [3.05, 3.63) is 18.2 Å². The van der Waals surface area contributed by atoms with Crippen molar-refractivity contribution in [2.24, 2.45) is 0 Å². The zero-order valence-electron chi connectivity index (χ0n) is 12.0. The van der Waals surface area contributed by atoms with Crippen LogP contribution in [0.5, 0.6) is 0 Å². The topological polar surface area (TPSA) is 39.1 Å². The average Bonchev–Trinajstić information content (AvgIpc) is 2.81. The first-order valence-corrected chi connectivity index (χ1v) is 7.05. The monoisotopic (exact) mass is 253 g/mol. The molecule has 0 atom stereocenters. The number of hydrogen-bond donors (Lipinski definition) is 1. The second-order valence-corrected chi connectivity index (χ2v) is 4.79. The molecule has 0 unspecified atom stereocenters. The number of unbranched alkanes of at least 4 members (excludes halogenated alkanes) is 1. The lowest BCUT2D eigenvalue weighted by atomic mass is 10.2. The highest BCUT2D eigenvalue weighted by atomic mass is 16.5. The van der Waals surface area contributed by atoms with Crippen molar-refractivity contribution in [1.82, 2.24) is 14.9 Å². The van der Waals surface area contributed by atoms with E-state index in [9.17, 15) is 0 Å². The molecule has 0 aliphatic rings. The largest absolute Gasteiger partial charge is 0.382 e. The van der Waals surface area contributed by atoms with Crippen LogP contribution in [0.25, 0.3) is 0 Å². The van der Waals surface area contributed by atoms with Gasteiger partial charge in [-0.2, -0.15) is 0 Å². The third-order valence-electron chi connectivity index (χ3n) is 2.89. The first kappa shape index (κ1) is 15.2. The Labute approximate surface area is 111 Å². The van der Waals surface area contributed by atoms with E-state index in [1.165, 1.54) is 12.2 Å². The standard InChI is InChI=1S/C14H27N3O/c1-4-18-12-6-5-7-15-8-10-17-11-9-16-14(17)13(2)3/h9,11,13,15H,4-8,10,12H2,1-3H3. The van der Waals surface area contributed by atoms with Crippen LogP contribution in [0.2, 0.25) is 0 Å². The molecule has 1 N–H and O–H groups in total. The van der Waals surface area contributed by atoms with Crippen LogP contribution < -0.4 is 5.32 Å². The van der Waals surface area contributed by atoms with E-state index >= 15 is 0 Å². The number of imidazole rings is 1. The number of ether oxygens (including phenoxy) is 1. The molecule has 0 amide bonds. The van der Waals surface area contributed by atoms with Crippen molar-refractivity contribution >= 4 is 0 Å². The Morgan fingerprint density at radius 3 is 2.89 bits per heavy atom. The number of aromatic nitrogens is 2. The molecule has 0 saturated heterocycles. The van der Waals surface area contributed by atoms with Gasteiger partial charge in [0, 0.05) is 44.6 Å². The van der Waals surface area contributed by atoms with Crippen LogP contribution >= 0.6 is 0 Å². The fraction of sp³-hybridized carbons (Fsp3) is 0.786. The summed E-state index contributed by atoms with van der Waals surface area (Å²) in [6.07, 6.45) is 6.27. The fourth-order valence-corrected chi connectivity index (χ4v) is 1.93. The normalized spacial score (nSPS) is 11.3. The van der Waals surface area contributed by atoms with Gasteiger partial charge in [-0.1, -0.05) is 13.8 Å². The molecule has 1 aromatic rings. The molecule has 0 radical (unpaired) electrons. The van der Waals surface area contributed by atoms with Crippen molar-refractivity contribution in [3.8, 4) is 0 Å². The van der Waals surface area contributed by atoms with Crippen LogP contribution in [0.4, 0.5) is 0 Å². The predicted molar refractivity (Wildman–Crippen MR) is 74.9 cm³/mol. The van der Waals surface area contributed by atoms with Gasteiger partial charge in [-0.25, -0.2) is 4.98 Å². The number of rotatable bonds is 10. The van der Waals surface area contributed by atoms with Crippen LogP contribution in [0.1, 0.15) is 45.4 Å². The molecule has 1 aromatic heterocycles. The zero-order valence-corrected chi connectivity index (χ0v) is 12.0. The molecular weight excluding hydrogens is 226 g/mol. The van der Waals surface area contributed by atoms with Crippen molar-refractivity contribution in [2.75, 3.05) is 26.3 Å². The molecule has 0 aliphatic carbocycles. The minimum Gasteiger partial charge on any atom is -0.382 e. The summed E-state index contributed by atoms with van der Waals surface area (Å²) in [4.78, 5) is 4.38. The second kappa shape index (κ2) is 9.11. The summed E-state index contributed by atoms with van der Waals surface area (Å²) in [5.74, 6) is 1.67. The van der Waals surface area contributed by atoms with E-state index in [0.29, 0.717) is 5.92 Å². The van der Waals surface area contributed by atoms with Gasteiger partial charge < -0.3 is 14.6 Å². The Bertz CT molecular complexity index is 310. The minimum atomic E-state index is 0.492. The Morgan fingerprint density at radius 2 is 2.17 bits per heavy atom. The number of nitrogens with zero attached hydrogens (tertiary/aromatic N) is 2. The van der Waals surface area contributed by atoms with Crippen molar-refractivity contribution < 1.29 is 4.74 Å². The van der Waals surface area contributed by atoms with E-state index in [0.717, 1.165) is 39.3 Å². The lowest BCUT2D eigenvalue weighted by Crippen LogP contribution is -2.22. The van der Waals surface area contributed by atoms with Crippen LogP contribution in [-0.2, 0) is 11.3 Å². The molecule has 104 valence electrons. The third kappa shape index (κ3) is 5.65. The average molecular weight is 253 g/mol. The molecule has 0 fully saturated rings. The van der Waals surface area contributed by atoms with E-state index in [1.807, 2.05) is 13.1 Å². The maximum atomic E-state index is 5.30. The molecule has 1 rings (SSSR count). The highest BCUT2D eigenvalue weighted by Gasteiger charge is 2.05. The van der Waals surface area contributed by atoms with Gasteiger partial charge in [0.15, 0.2) is 0 Å². The number of hydrogen-bond acceptors (Lipinski definition) is 3. The lowest BCUT2D eigenvalue weighted by molar-refractivity contribution is 0.143. The van der Waals surface area contributed by atoms with Gasteiger partial charge in [0.2, 0.25) is 0 Å². The highest BCUT2D eigenvalue weighted by molar-refractivity contribution is 4.97. The van der Waals surface area contributed by atoms with E-state index in [2.05, 4.69) is 34.9 Å². The van der Waals surface area contributed by atoms with Gasteiger partial charge in [-0.15, -0.1) is 0 Å². The molecule has 4 heteroatoms. The summed E-state index contributed by atoms with van der Waals surface area (Å²) >= 11 is 0. The zero-order chi connectivity index (χ0) is 13.2. The van der Waals surface area contributed by atoms with Gasteiger partial charge in [-0.05, 0) is 26.3 Å². The summed E-state index contributed by atoms with van der Waals surface area (Å²) < 4.78 is 7.53. The summed E-state index contributed by atoms with van der Waals surface area (Å²) in [6, 6.07) is 0. The summed E-state index contributed by atoms with van der Waals surface area (Å²) in [5.41, 5.74) is 0. The van der Waals surface area contributed by atoms with E-state index in [1.54, 1.807) is 0 Å². The van der Waals surface area contributed by atoms with Crippen molar-refractivity contribution in [2.45, 2.75) is 46.1 Å². The minimum absolute atomic E-state index is 0.492. The SMILES string of the molecule is CCOCCCCNCCn1ccnc1C(C)C. The van der Waals surface area contributed by atoms with Crippen molar-refractivity contribution in [3.63, 3.8) is 0 Å². The molecule has 0 bridgehead atoms. The van der Waals surface area contributed by atoms with Gasteiger partial charge >= 0.3 is 0 Å². The maximum absolute atomic E-state index is 5.30. The Balaban J connectivity index is 2.05. The van der Waals surface area contributed by atoms with Crippen LogP contribution in [0.3, 0.4) is 0 Å². The van der Waals surface area contributed by atoms with Crippen molar-refractivity contribution in [1.29, 1.82) is 0 Å². The van der Waals surface area contributed by atoms with Gasteiger partial charge in [0.1, 0.15) is 5.82 Å². The van der Waals surface area contributed by atoms with Gasteiger partial charge in [0.05, 0.1) is 0 Å². The molecule has 1 heterocycles. The predicted octanol–water partition coefficient (Wildman–Crippen LogP) is 2.41. The molecule has 0 spiro atoms. The Morgan fingerprint density at radius 1 is 1.33 bits per heavy atom. The molecule has 0 saturated carbocycles. The van der Waals surface area contributed by atoms with Gasteiger partial charge in [-0.3, -0.25) is 0 Å². The third-order valence-corrected chi connectivity index (χ3v) is 2.89. The Hall–Kier alpha value is -0.870.